The van der Waals surface area contributed by atoms with Crippen molar-refractivity contribution in [3.63, 3.8) is 0 Å². The van der Waals surface area contributed by atoms with Crippen LogP contribution < -0.4 is 0 Å². The number of benzene rings is 2. The molecule has 21 heavy (non-hydrogen) atoms. The molecular weight excluding hydrogens is 254 g/mol. The average Bonchev–Trinajstić information content (AvgIpc) is 3.02. The van der Waals surface area contributed by atoms with E-state index < -0.39 is 0 Å². The Labute approximate surface area is 126 Å². The van der Waals surface area contributed by atoms with E-state index in [1.807, 2.05) is 0 Å². The van der Waals surface area contributed by atoms with Gasteiger partial charge in [0, 0.05) is 12.4 Å². The number of nitrogens with zero attached hydrogens (tertiary/aromatic N) is 1. The molecule has 2 aromatic carbocycles. The highest BCUT2D eigenvalue weighted by Crippen LogP contribution is 2.21. The lowest BCUT2D eigenvalue weighted by Crippen LogP contribution is -1.96. The maximum absolute atomic E-state index is 2.23. The summed E-state index contributed by atoms with van der Waals surface area (Å²) in [5.41, 5.74) is 6.18. The van der Waals surface area contributed by atoms with E-state index in [0.29, 0.717) is 0 Å². The molecule has 0 aliphatic rings. The molecule has 0 atom stereocenters. The molecule has 0 aliphatic heterocycles. The normalized spacial score (nSPS) is 11.6. The first-order chi connectivity index (χ1) is 10.2. The van der Waals surface area contributed by atoms with Gasteiger partial charge in [-0.2, -0.15) is 0 Å². The summed E-state index contributed by atoms with van der Waals surface area (Å²) >= 11 is 0. The zero-order chi connectivity index (χ0) is 14.7. The lowest BCUT2D eigenvalue weighted by Gasteiger charge is -2.10. The Kier molecular flexibility index (Phi) is 3.74. The Morgan fingerprint density at radius 2 is 1.29 bits per heavy atom. The van der Waals surface area contributed by atoms with Crippen molar-refractivity contribution in [2.75, 3.05) is 0 Å². The van der Waals surface area contributed by atoms with Crippen molar-refractivity contribution in [2.24, 2.45) is 0 Å². The molecule has 0 aliphatic carbocycles. The quantitative estimate of drug-likeness (QED) is 0.581. The Bertz CT molecular complexity index is 730. The third-order valence-electron chi connectivity index (χ3n) is 3.61. The summed E-state index contributed by atoms with van der Waals surface area (Å²) < 4.78 is 2.16. The maximum Gasteiger partial charge on any atom is 0.0527 e. The number of hydrogen-bond acceptors (Lipinski definition) is 0. The van der Waals surface area contributed by atoms with Crippen molar-refractivity contribution < 1.29 is 0 Å². The van der Waals surface area contributed by atoms with Crippen LogP contribution in [-0.4, -0.2) is 4.57 Å². The van der Waals surface area contributed by atoms with Gasteiger partial charge in [-0.1, -0.05) is 59.7 Å². The van der Waals surface area contributed by atoms with Crippen molar-refractivity contribution in [2.45, 2.75) is 13.8 Å². The maximum atomic E-state index is 2.23. The summed E-state index contributed by atoms with van der Waals surface area (Å²) in [5.74, 6) is 0. The molecule has 3 aromatic rings. The van der Waals surface area contributed by atoms with Crippen LogP contribution in [0, 0.1) is 13.8 Å². The first kappa shape index (κ1) is 13.4. The van der Waals surface area contributed by atoms with E-state index in [-0.39, 0.29) is 0 Å². The van der Waals surface area contributed by atoms with Crippen molar-refractivity contribution in [1.29, 1.82) is 0 Å². The highest BCUT2D eigenvalue weighted by atomic mass is 14.9. The van der Waals surface area contributed by atoms with Gasteiger partial charge in [0.25, 0.3) is 0 Å². The zero-order valence-electron chi connectivity index (χ0n) is 12.5. The molecule has 1 nitrogen and oxygen atoms in total. The third kappa shape index (κ3) is 3.14. The van der Waals surface area contributed by atoms with Crippen LogP contribution in [0.25, 0.3) is 11.8 Å². The van der Waals surface area contributed by atoms with Gasteiger partial charge >= 0.3 is 0 Å². The van der Waals surface area contributed by atoms with Crippen LogP contribution in [0.4, 0.5) is 0 Å². The zero-order valence-corrected chi connectivity index (χ0v) is 12.5. The van der Waals surface area contributed by atoms with E-state index in [0.717, 1.165) is 0 Å². The summed E-state index contributed by atoms with van der Waals surface area (Å²) in [7, 11) is 0. The second-order valence-corrected chi connectivity index (χ2v) is 5.40. The van der Waals surface area contributed by atoms with Crippen LogP contribution in [0.3, 0.4) is 0 Å². The molecule has 0 radical (unpaired) electrons. The number of aromatic nitrogens is 1. The van der Waals surface area contributed by atoms with Crippen molar-refractivity contribution in [3.8, 4) is 0 Å². The molecule has 1 heterocycles. The minimum atomic E-state index is 1.18. The fourth-order valence-electron chi connectivity index (χ4n) is 2.35. The highest BCUT2D eigenvalue weighted by Gasteiger charge is 2.03. The molecule has 1 heteroatoms. The molecule has 104 valence electrons. The van der Waals surface area contributed by atoms with E-state index in [2.05, 4.69) is 97.5 Å². The van der Waals surface area contributed by atoms with Gasteiger partial charge in [-0.15, -0.1) is 0 Å². The van der Waals surface area contributed by atoms with Crippen LogP contribution in [0.1, 0.15) is 22.3 Å². The summed E-state index contributed by atoms with van der Waals surface area (Å²) in [5, 5.41) is 0. The molecule has 0 N–H and O–H groups in total. The van der Waals surface area contributed by atoms with Gasteiger partial charge in [0.15, 0.2) is 0 Å². The summed E-state index contributed by atoms with van der Waals surface area (Å²) in [6.07, 6.45) is 6.39. The van der Waals surface area contributed by atoms with E-state index in [4.69, 9.17) is 0 Å². The highest BCUT2D eigenvalue weighted by molar-refractivity contribution is 5.81. The monoisotopic (exact) mass is 273 g/mol. The molecule has 0 saturated carbocycles. The molecule has 1 aromatic heterocycles. The molecule has 0 fully saturated rings. The molecule has 0 amide bonds. The summed E-state index contributed by atoms with van der Waals surface area (Å²) in [6, 6.07) is 21.4. The van der Waals surface area contributed by atoms with E-state index >= 15 is 0 Å². The first-order valence-corrected chi connectivity index (χ1v) is 7.21. The number of aryl methyl sites for hydroxylation is 2. The Morgan fingerprint density at radius 1 is 0.762 bits per heavy atom. The topological polar surface area (TPSA) is 4.93 Å². The fraction of sp³-hybridized carbons (Fsp3) is 0.100. The van der Waals surface area contributed by atoms with Crippen LogP contribution in [-0.2, 0) is 0 Å². The van der Waals surface area contributed by atoms with Crippen LogP contribution in [0.15, 0.2) is 73.1 Å². The molecular formula is C20H19N. The van der Waals surface area contributed by atoms with Gasteiger partial charge in [0.1, 0.15) is 0 Å². The lowest BCUT2D eigenvalue weighted by molar-refractivity contribution is 1.12. The molecule has 0 spiro atoms. The predicted octanol–water partition coefficient (Wildman–Crippen LogP) is 5.15. The smallest absolute Gasteiger partial charge is 0.0527 e. The van der Waals surface area contributed by atoms with E-state index in [1.165, 1.54) is 28.0 Å². The van der Waals surface area contributed by atoms with Gasteiger partial charge < -0.3 is 4.57 Å². The Balaban J connectivity index is 2.08. The fourth-order valence-corrected chi connectivity index (χ4v) is 2.35. The van der Waals surface area contributed by atoms with Crippen molar-refractivity contribution >= 4 is 11.8 Å². The predicted molar refractivity (Wildman–Crippen MR) is 90.1 cm³/mol. The van der Waals surface area contributed by atoms with Gasteiger partial charge in [-0.05, 0) is 43.2 Å². The van der Waals surface area contributed by atoms with Crippen molar-refractivity contribution in [3.05, 3.63) is 95.3 Å². The standard InChI is InChI=1S/C20H19N/c1-16-5-9-18(10-6-16)15-20(21-13-3-4-14-21)19-11-7-17(2)8-12-19/h3-15H,1-2H3/b20-15-. The summed E-state index contributed by atoms with van der Waals surface area (Å²) in [6.45, 7) is 4.23. The summed E-state index contributed by atoms with van der Waals surface area (Å²) in [4.78, 5) is 0. The SMILES string of the molecule is Cc1ccc(/C=C(/c2ccc(C)cc2)n2cccc2)cc1. The molecule has 0 unspecified atom stereocenters. The minimum absolute atomic E-state index is 1.18. The first-order valence-electron chi connectivity index (χ1n) is 7.21. The number of rotatable bonds is 3. The lowest BCUT2D eigenvalue weighted by atomic mass is 10.1. The van der Waals surface area contributed by atoms with Crippen molar-refractivity contribution in [1.82, 2.24) is 4.57 Å². The molecule has 0 bridgehead atoms. The molecule has 3 rings (SSSR count). The van der Waals surface area contributed by atoms with Gasteiger partial charge in [-0.25, -0.2) is 0 Å². The van der Waals surface area contributed by atoms with Gasteiger partial charge in [0.05, 0.1) is 5.70 Å². The molecule has 0 saturated heterocycles. The van der Waals surface area contributed by atoms with Crippen LogP contribution in [0.2, 0.25) is 0 Å². The Morgan fingerprint density at radius 3 is 1.86 bits per heavy atom. The minimum Gasteiger partial charge on any atom is -0.323 e. The second-order valence-electron chi connectivity index (χ2n) is 5.40. The average molecular weight is 273 g/mol. The van der Waals surface area contributed by atoms with Gasteiger partial charge in [0.2, 0.25) is 0 Å². The number of hydrogen-bond donors (Lipinski definition) is 0. The van der Waals surface area contributed by atoms with E-state index in [9.17, 15) is 0 Å². The van der Waals surface area contributed by atoms with Crippen LogP contribution >= 0.6 is 0 Å². The van der Waals surface area contributed by atoms with Gasteiger partial charge in [-0.3, -0.25) is 0 Å². The second kappa shape index (κ2) is 5.84. The van der Waals surface area contributed by atoms with Crippen LogP contribution in [0.5, 0.6) is 0 Å². The third-order valence-corrected chi connectivity index (χ3v) is 3.61. The van der Waals surface area contributed by atoms with E-state index in [1.54, 1.807) is 0 Å². The Hall–Kier alpha value is -2.54. The largest absolute Gasteiger partial charge is 0.323 e.